The van der Waals surface area contributed by atoms with E-state index < -0.39 is 5.95 Å². The summed E-state index contributed by atoms with van der Waals surface area (Å²) >= 11 is 0. The molecule has 1 amide bonds. The smallest absolute Gasteiger partial charge is 0.251 e. The molecular weight excluding hydrogens is 443 g/mol. The van der Waals surface area contributed by atoms with Crippen LogP contribution in [-0.2, 0) is 6.42 Å². The Morgan fingerprint density at radius 1 is 0.886 bits per heavy atom. The number of aromatic nitrogens is 3. The zero-order chi connectivity index (χ0) is 24.2. The number of amides is 1. The minimum absolute atomic E-state index is 0.111. The number of pyridine rings is 1. The molecule has 2 aromatic heterocycles. The number of halogens is 1. The summed E-state index contributed by atoms with van der Waals surface area (Å²) in [4.78, 5) is 25.3. The summed E-state index contributed by atoms with van der Waals surface area (Å²) in [5.41, 5.74) is 5.22. The van der Waals surface area contributed by atoms with E-state index in [2.05, 4.69) is 43.0 Å². The van der Waals surface area contributed by atoms with Crippen molar-refractivity contribution in [3.8, 4) is 11.1 Å². The van der Waals surface area contributed by atoms with Gasteiger partial charge in [0.15, 0.2) is 0 Å². The minimum Gasteiger partial charge on any atom is -0.352 e. The molecule has 176 valence electrons. The van der Waals surface area contributed by atoms with Gasteiger partial charge in [-0.3, -0.25) is 4.79 Å². The van der Waals surface area contributed by atoms with Gasteiger partial charge >= 0.3 is 0 Å². The lowest BCUT2D eigenvalue weighted by Gasteiger charge is -2.13. The fraction of sp³-hybridized carbons (Fsp3) is 0.185. The summed E-state index contributed by atoms with van der Waals surface area (Å²) in [7, 11) is 0. The fourth-order valence-electron chi connectivity index (χ4n) is 3.96. The van der Waals surface area contributed by atoms with Crippen molar-refractivity contribution in [1.29, 1.82) is 0 Å². The van der Waals surface area contributed by atoms with Crippen LogP contribution in [0.5, 0.6) is 0 Å². The molecule has 4 heterocycles. The van der Waals surface area contributed by atoms with Gasteiger partial charge in [0.2, 0.25) is 11.9 Å². The van der Waals surface area contributed by atoms with Crippen molar-refractivity contribution in [3.05, 3.63) is 89.6 Å². The molecule has 2 aromatic carbocycles. The number of benzene rings is 2. The molecule has 0 fully saturated rings. The fourth-order valence-corrected chi connectivity index (χ4v) is 3.96. The molecule has 8 bridgehead atoms. The average molecular weight is 469 g/mol. The van der Waals surface area contributed by atoms with Gasteiger partial charge in [0.1, 0.15) is 5.82 Å². The molecule has 35 heavy (non-hydrogen) atoms. The van der Waals surface area contributed by atoms with Gasteiger partial charge < -0.3 is 16.0 Å². The highest BCUT2D eigenvalue weighted by Gasteiger charge is 2.12. The van der Waals surface area contributed by atoms with Gasteiger partial charge in [-0.15, -0.1) is 0 Å². The zero-order valence-corrected chi connectivity index (χ0v) is 19.3. The first-order valence-corrected chi connectivity index (χ1v) is 11.6. The summed E-state index contributed by atoms with van der Waals surface area (Å²) in [6, 6.07) is 17.0. The third-order valence-corrected chi connectivity index (χ3v) is 5.91. The Morgan fingerprint density at radius 3 is 2.57 bits per heavy atom. The molecule has 7 nitrogen and oxygen atoms in total. The van der Waals surface area contributed by atoms with Crippen LogP contribution in [0.25, 0.3) is 11.1 Å². The Labute approximate surface area is 202 Å². The molecule has 4 aromatic rings. The second-order valence-corrected chi connectivity index (χ2v) is 8.53. The Kier molecular flexibility index (Phi) is 6.34. The van der Waals surface area contributed by atoms with E-state index in [1.165, 1.54) is 11.8 Å². The van der Waals surface area contributed by atoms with E-state index >= 15 is 0 Å². The number of hydrogen-bond donors (Lipinski definition) is 3. The molecule has 6 rings (SSSR count). The highest BCUT2D eigenvalue weighted by atomic mass is 19.1. The first-order valence-electron chi connectivity index (χ1n) is 11.6. The maximum atomic E-state index is 14.5. The Balaban J connectivity index is 1.52. The highest BCUT2D eigenvalue weighted by molar-refractivity contribution is 5.94. The van der Waals surface area contributed by atoms with Gasteiger partial charge in [-0.1, -0.05) is 24.3 Å². The van der Waals surface area contributed by atoms with Crippen LogP contribution in [0.3, 0.4) is 0 Å². The number of hydrogen-bond acceptors (Lipinski definition) is 6. The molecule has 3 N–H and O–H groups in total. The van der Waals surface area contributed by atoms with Crippen LogP contribution in [0.2, 0.25) is 0 Å². The number of fused-ring (bicyclic) bond motifs is 7. The van der Waals surface area contributed by atoms with Crippen LogP contribution in [0.15, 0.2) is 67.0 Å². The lowest BCUT2D eigenvalue weighted by Crippen LogP contribution is -2.24. The number of nitrogens with one attached hydrogen (secondary N) is 3. The molecule has 2 aliphatic heterocycles. The molecule has 0 saturated heterocycles. The molecule has 0 spiro atoms. The van der Waals surface area contributed by atoms with E-state index in [0.29, 0.717) is 23.5 Å². The number of carbonyl (C=O) groups is 1. The predicted octanol–water partition coefficient (Wildman–Crippen LogP) is 5.54. The third-order valence-electron chi connectivity index (χ3n) is 5.91. The van der Waals surface area contributed by atoms with E-state index in [1.54, 1.807) is 24.4 Å². The SMILES string of the molecule is Cc1cnc2nc1Nc1cccc(c1)CCCCNC(=O)c1ccc(cc1)-c1cnc(F)c(c1)N2. The van der Waals surface area contributed by atoms with Crippen molar-refractivity contribution in [2.24, 2.45) is 0 Å². The number of rotatable bonds is 0. The Morgan fingerprint density at radius 2 is 1.71 bits per heavy atom. The van der Waals surface area contributed by atoms with Crippen molar-refractivity contribution in [3.63, 3.8) is 0 Å². The van der Waals surface area contributed by atoms with Crippen LogP contribution in [-0.4, -0.2) is 27.4 Å². The highest BCUT2D eigenvalue weighted by Crippen LogP contribution is 2.27. The quantitative estimate of drug-likeness (QED) is 0.294. The van der Waals surface area contributed by atoms with E-state index in [1.807, 2.05) is 31.2 Å². The number of carbonyl (C=O) groups excluding carboxylic acids is 1. The van der Waals surface area contributed by atoms with Crippen molar-refractivity contribution >= 4 is 29.0 Å². The minimum atomic E-state index is -0.658. The molecule has 0 radical (unpaired) electrons. The summed E-state index contributed by atoms with van der Waals surface area (Å²) in [5.74, 6) is 0.118. The van der Waals surface area contributed by atoms with Gasteiger partial charge in [0.05, 0.1) is 5.69 Å². The predicted molar refractivity (Wildman–Crippen MR) is 135 cm³/mol. The first-order chi connectivity index (χ1) is 17.0. The molecule has 0 unspecified atom stereocenters. The monoisotopic (exact) mass is 468 g/mol. The summed E-state index contributed by atoms with van der Waals surface area (Å²) < 4.78 is 14.5. The average Bonchev–Trinajstić information content (AvgIpc) is 2.87. The standard InChI is InChI=1S/C27H25FN6O/c1-17-15-31-27-33-23-14-21(16-30-24(23)28)19-8-10-20(11-9-19)26(35)29-12-3-2-5-18-6-4-7-22(13-18)32-25(17)34-27/h4,6-11,13-16H,2-3,5,12H2,1H3,(H,29,35)(H2,31,32,33,34). The summed E-state index contributed by atoms with van der Waals surface area (Å²) in [5, 5.41) is 9.28. The maximum Gasteiger partial charge on any atom is 0.251 e. The van der Waals surface area contributed by atoms with Crippen molar-refractivity contribution in [1.82, 2.24) is 20.3 Å². The molecule has 2 aliphatic rings. The van der Waals surface area contributed by atoms with Crippen LogP contribution >= 0.6 is 0 Å². The van der Waals surface area contributed by atoms with E-state index in [4.69, 9.17) is 0 Å². The zero-order valence-electron chi connectivity index (χ0n) is 19.3. The largest absolute Gasteiger partial charge is 0.352 e. The van der Waals surface area contributed by atoms with Crippen LogP contribution in [0.1, 0.15) is 34.3 Å². The van der Waals surface area contributed by atoms with E-state index in [0.717, 1.165) is 36.1 Å². The topological polar surface area (TPSA) is 91.8 Å². The molecule has 0 aliphatic carbocycles. The van der Waals surface area contributed by atoms with Crippen LogP contribution in [0.4, 0.5) is 27.5 Å². The normalized spacial score (nSPS) is 13.7. The van der Waals surface area contributed by atoms with Gasteiger partial charge in [0.25, 0.3) is 5.91 Å². The van der Waals surface area contributed by atoms with Crippen LogP contribution in [0, 0.1) is 12.9 Å². The van der Waals surface area contributed by atoms with E-state index in [9.17, 15) is 9.18 Å². The Hall–Kier alpha value is -4.33. The second kappa shape index (κ2) is 9.89. The first kappa shape index (κ1) is 22.5. The molecular formula is C27H25FN6O. The van der Waals surface area contributed by atoms with Crippen LogP contribution < -0.4 is 16.0 Å². The maximum absolute atomic E-state index is 14.5. The van der Waals surface area contributed by atoms with Crippen molar-refractivity contribution in [2.45, 2.75) is 26.2 Å². The van der Waals surface area contributed by atoms with Crippen molar-refractivity contribution in [2.75, 3.05) is 17.2 Å². The second-order valence-electron chi connectivity index (χ2n) is 8.53. The lowest BCUT2D eigenvalue weighted by atomic mass is 10.0. The molecule has 8 heteroatoms. The summed E-state index contributed by atoms with van der Waals surface area (Å²) in [6.07, 6.45) is 5.89. The van der Waals surface area contributed by atoms with Gasteiger partial charge in [0, 0.05) is 41.3 Å². The summed E-state index contributed by atoms with van der Waals surface area (Å²) in [6.45, 7) is 2.52. The van der Waals surface area contributed by atoms with Gasteiger partial charge in [-0.05, 0) is 67.6 Å². The van der Waals surface area contributed by atoms with Gasteiger partial charge in [-0.2, -0.15) is 9.37 Å². The number of nitrogens with zero attached hydrogens (tertiary/aromatic N) is 3. The van der Waals surface area contributed by atoms with Gasteiger partial charge in [-0.25, -0.2) is 9.97 Å². The number of aryl methyl sites for hydroxylation is 2. The number of anilines is 4. The third kappa shape index (κ3) is 5.27. The molecule has 0 saturated carbocycles. The van der Waals surface area contributed by atoms with Crippen molar-refractivity contribution < 1.29 is 9.18 Å². The van der Waals surface area contributed by atoms with E-state index in [-0.39, 0.29) is 17.5 Å². The Bertz CT molecular complexity index is 1370. The lowest BCUT2D eigenvalue weighted by molar-refractivity contribution is 0.0953. The molecule has 0 atom stereocenters.